The Hall–Kier alpha value is -8.34. The minimum Gasteiger partial charge on any atom is -0.461 e. The van der Waals surface area contributed by atoms with Gasteiger partial charge in [-0.2, -0.15) is 0 Å². The van der Waals surface area contributed by atoms with E-state index in [1.54, 1.807) is 27.8 Å². The van der Waals surface area contributed by atoms with Gasteiger partial charge in [-0.15, -0.1) is 34.0 Å². The third kappa shape index (κ3) is 15.3. The van der Waals surface area contributed by atoms with Crippen molar-refractivity contribution in [2.45, 2.75) is 384 Å². The maximum atomic E-state index is 6.22. The number of hydrogen-bond acceptors (Lipinski definition) is 9. The number of benzene rings is 6. The summed E-state index contributed by atoms with van der Waals surface area (Å²) < 4.78 is 41.3. The number of aryl methyl sites for hydroxylation is 21. The van der Waals surface area contributed by atoms with Gasteiger partial charge in [0.05, 0.1) is 14.8 Å². The van der Waals surface area contributed by atoms with Crippen molar-refractivity contribution in [2.75, 3.05) is 0 Å². The molecular formula is C117H150O6S3. The molecule has 0 amide bonds. The predicted molar refractivity (Wildman–Crippen MR) is 555 cm³/mol. The second-order valence-electron chi connectivity index (χ2n) is 44.7. The van der Waals surface area contributed by atoms with E-state index in [0.717, 1.165) is 92.7 Å². The lowest BCUT2D eigenvalue weighted by molar-refractivity contribution is 0.537. The normalized spacial score (nSPS) is 14.0. The summed E-state index contributed by atoms with van der Waals surface area (Å²) in [6, 6.07) is 0. The second-order valence-corrected chi connectivity index (χ2v) is 48.4. The molecule has 6 aromatic carbocycles. The van der Waals surface area contributed by atoms with Crippen LogP contribution in [0.2, 0.25) is 0 Å². The van der Waals surface area contributed by atoms with Crippen molar-refractivity contribution in [3.05, 3.63) is 216 Å². The van der Waals surface area contributed by atoms with E-state index in [1.807, 2.05) is 61.7 Å². The fourth-order valence-electron chi connectivity index (χ4n) is 22.5. The van der Waals surface area contributed by atoms with Crippen LogP contribution in [-0.2, 0) is 51.8 Å². The Balaban J connectivity index is 0.000000130. The summed E-state index contributed by atoms with van der Waals surface area (Å²) in [5.74, 6) is 6.05. The molecule has 9 heterocycles. The number of hydrogen-bond donors (Lipinski definition) is 0. The molecule has 0 bridgehead atoms. The van der Waals surface area contributed by atoms with E-state index in [1.165, 1.54) is 228 Å². The highest BCUT2D eigenvalue weighted by atomic mass is 32.1. The smallest absolute Gasteiger partial charge is 0.177 e. The summed E-state index contributed by atoms with van der Waals surface area (Å²) in [5.41, 5.74) is 53.7. The molecule has 18 rings (SSSR count). The molecule has 0 saturated carbocycles. The molecule has 0 atom stereocenters. The molecule has 0 radical (unpaired) electrons. The highest BCUT2D eigenvalue weighted by molar-refractivity contribution is 7.27. The summed E-state index contributed by atoms with van der Waals surface area (Å²) in [6.07, 6.45) is 3.31. The molecule has 0 saturated heterocycles. The summed E-state index contributed by atoms with van der Waals surface area (Å²) in [5, 5.41) is 12.1. The lowest BCUT2D eigenvalue weighted by Gasteiger charge is -2.26. The van der Waals surface area contributed by atoms with Crippen LogP contribution in [0.3, 0.4) is 0 Å². The van der Waals surface area contributed by atoms with Gasteiger partial charge in [-0.3, -0.25) is 0 Å². The molecule has 0 fully saturated rings. The molecule has 6 nitrogen and oxygen atoms in total. The number of fused-ring (bicyclic) bond motifs is 18. The monoisotopic (exact) mass is 1750 g/mol. The molecule has 0 N–H and O–H groups in total. The number of rotatable bonds is 0. The van der Waals surface area contributed by atoms with Gasteiger partial charge in [-0.1, -0.05) is 141 Å². The third-order valence-electron chi connectivity index (χ3n) is 29.8. The van der Waals surface area contributed by atoms with E-state index in [-0.39, 0.29) is 32.5 Å². The second kappa shape index (κ2) is 32.3. The van der Waals surface area contributed by atoms with Gasteiger partial charge in [0.15, 0.2) is 11.2 Å². The SMILES string of the molecule is CC1=C(C)c2c(c(C)c(C(C)(C)C)c3c(C)c(C)oc23)C1.CC1=C(C)c2c(c(C)c(C(C)(C)C)c3c(C)c(C)sc23)C1.CC1=C(C)c2c(c(C)c(C(C)(C)C)c3oc(C)c(C)c23)C1.Cc1oc2c(c1C)c(C)c(C(C)(C)C)c1c(C)c(C)oc12.Cc1oc2c(c1C)c(C)c(C(C)(C)C)c1oc(C)c(C)c12.Cc1sc2c(c1C)c(C)c(C(C)(C)C)c1c(C)c(C)sc12. The van der Waals surface area contributed by atoms with Crippen LogP contribution in [0.15, 0.2) is 43.2 Å². The van der Waals surface area contributed by atoms with Gasteiger partial charge in [0.25, 0.3) is 0 Å². The van der Waals surface area contributed by atoms with Crippen molar-refractivity contribution in [3.8, 4) is 0 Å². The molecular weight excluding hydrogens is 1600 g/mol. The van der Waals surface area contributed by atoms with Crippen LogP contribution in [0.4, 0.5) is 0 Å². The molecule has 9 heteroatoms. The molecule has 0 aliphatic heterocycles. The summed E-state index contributed by atoms with van der Waals surface area (Å²) in [6.45, 7) is 108. The van der Waals surface area contributed by atoms with Crippen LogP contribution >= 0.6 is 34.0 Å². The number of furan rings is 6. The molecule has 3 aliphatic rings. The third-order valence-corrected chi connectivity index (χ3v) is 33.6. The zero-order chi connectivity index (χ0) is 94.1. The predicted octanol–water partition coefficient (Wildman–Crippen LogP) is 37.5. The molecule has 0 unspecified atom stereocenters. The Morgan fingerprint density at radius 1 is 0.183 bits per heavy atom. The first kappa shape index (κ1) is 95.2. The van der Waals surface area contributed by atoms with E-state index in [2.05, 4.69) is 305 Å². The van der Waals surface area contributed by atoms with Crippen LogP contribution < -0.4 is 0 Å². The highest BCUT2D eigenvalue weighted by Gasteiger charge is 2.38. The van der Waals surface area contributed by atoms with Crippen molar-refractivity contribution in [3.63, 3.8) is 0 Å². The number of thiophene rings is 3. The maximum Gasteiger partial charge on any atom is 0.177 e. The van der Waals surface area contributed by atoms with Crippen LogP contribution in [0.5, 0.6) is 0 Å². The zero-order valence-corrected chi connectivity index (χ0v) is 89.2. The Bertz CT molecular complexity index is 6920. The topological polar surface area (TPSA) is 78.8 Å². The highest BCUT2D eigenvalue weighted by Crippen LogP contribution is 2.55. The summed E-state index contributed by atoms with van der Waals surface area (Å²) in [7, 11) is 0. The van der Waals surface area contributed by atoms with E-state index in [4.69, 9.17) is 26.5 Å². The van der Waals surface area contributed by atoms with E-state index in [0.29, 0.717) is 0 Å². The molecule has 15 aromatic rings. The minimum absolute atomic E-state index is 0.0326. The fraction of sp³-hybridized carbons (Fsp3) is 0.487. The first-order valence-electron chi connectivity index (χ1n) is 46.3. The standard InChI is InChI=1S/2C20H26O.C20H26S.2C19H24O2.C19H24S2/c1-10-9-15-13(4)18(20(6,7)8)17-12(3)14(5)21-19(17)16(15)11(10)2;1-10-9-15-13(4)18(20(6,7)8)19-17(16(15)11(10)2)12(3)14(5)21-19;1-10-9-15-13(4)18(20(6,7)8)17-12(3)14(5)21-19(17)16(15)11(10)2;1-9-12(4)20-17-14(9)11(3)16(19(6,7)8)18-15(17)10(2)13(5)21-18;2*1-9-12(4)20-17-14(9)11(3)16(19(6,7)8)15-10(2)13(5)21-18(15)17/h3*9H2,1-8H3;3*1-8H3. The summed E-state index contributed by atoms with van der Waals surface area (Å²) >= 11 is 5.95. The first-order chi connectivity index (χ1) is 57.9. The molecule has 672 valence electrons. The maximum absolute atomic E-state index is 6.22. The molecule has 3 aliphatic carbocycles. The Kier molecular flexibility index (Phi) is 24.4. The van der Waals surface area contributed by atoms with Gasteiger partial charge in [-0.25, -0.2) is 0 Å². The van der Waals surface area contributed by atoms with Crippen LogP contribution in [0.25, 0.3) is 113 Å². The fourth-order valence-corrected chi connectivity index (χ4v) is 26.3. The minimum atomic E-state index is 0.0326. The van der Waals surface area contributed by atoms with Crippen molar-refractivity contribution < 1.29 is 26.5 Å². The number of allylic oxidation sites excluding steroid dienone is 6. The van der Waals surface area contributed by atoms with Gasteiger partial charge in [0.2, 0.25) is 0 Å². The largest absolute Gasteiger partial charge is 0.461 e. The van der Waals surface area contributed by atoms with Gasteiger partial charge < -0.3 is 26.5 Å². The lowest BCUT2D eigenvalue weighted by atomic mass is 9.78. The van der Waals surface area contributed by atoms with Gasteiger partial charge in [0.1, 0.15) is 56.9 Å². The molecule has 9 aromatic heterocycles. The first-order valence-corrected chi connectivity index (χ1v) is 48.7. The van der Waals surface area contributed by atoms with Crippen LogP contribution in [-0.4, -0.2) is 0 Å². The van der Waals surface area contributed by atoms with Crippen LogP contribution in [0, 0.1) is 166 Å². The van der Waals surface area contributed by atoms with E-state index >= 15 is 0 Å². The van der Waals surface area contributed by atoms with Crippen LogP contribution in [0.1, 0.15) is 366 Å². The van der Waals surface area contributed by atoms with Crippen molar-refractivity contribution in [1.82, 2.24) is 0 Å². The quantitative estimate of drug-likeness (QED) is 0.151. The van der Waals surface area contributed by atoms with Crippen molar-refractivity contribution in [2.24, 2.45) is 0 Å². The lowest BCUT2D eigenvalue weighted by Crippen LogP contribution is -2.15. The molecule has 126 heavy (non-hydrogen) atoms. The van der Waals surface area contributed by atoms with E-state index < -0.39 is 0 Å². The van der Waals surface area contributed by atoms with Gasteiger partial charge in [-0.05, 0) is 404 Å². The van der Waals surface area contributed by atoms with Crippen molar-refractivity contribution >= 4 is 147 Å². The molecule has 0 spiro atoms. The summed E-state index contributed by atoms with van der Waals surface area (Å²) in [4.78, 5) is 4.40. The van der Waals surface area contributed by atoms with E-state index in [9.17, 15) is 0 Å². The Labute approximate surface area is 767 Å². The Morgan fingerprint density at radius 3 is 0.849 bits per heavy atom. The van der Waals surface area contributed by atoms with Crippen molar-refractivity contribution in [1.29, 1.82) is 0 Å². The Morgan fingerprint density at radius 2 is 0.421 bits per heavy atom. The zero-order valence-electron chi connectivity index (χ0n) is 86.8. The van der Waals surface area contributed by atoms with Gasteiger partial charge >= 0.3 is 0 Å². The average Bonchev–Trinajstić information content (AvgIpc) is 1.59. The average molecular weight is 1750 g/mol. The van der Waals surface area contributed by atoms with Gasteiger partial charge in [0, 0.05) is 84.7 Å².